The highest BCUT2D eigenvalue weighted by Crippen LogP contribution is 2.21. The van der Waals surface area contributed by atoms with Crippen LogP contribution in [0.1, 0.15) is 31.4 Å². The third-order valence-electron chi connectivity index (χ3n) is 3.43. The third kappa shape index (κ3) is 4.35. The van der Waals surface area contributed by atoms with Gasteiger partial charge in [-0.15, -0.1) is 0 Å². The van der Waals surface area contributed by atoms with E-state index in [0.717, 1.165) is 11.3 Å². The molecule has 0 fully saturated rings. The molecule has 0 amide bonds. The van der Waals surface area contributed by atoms with Crippen LogP contribution in [0.25, 0.3) is 0 Å². The first kappa shape index (κ1) is 17.1. The Bertz CT molecular complexity index is 625. The number of ether oxygens (including phenoxy) is 1. The van der Waals surface area contributed by atoms with Gasteiger partial charge in [0.1, 0.15) is 5.75 Å². The smallest absolute Gasteiger partial charge is 0.226 e. The number of nitrogens with zero attached hydrogens (tertiary/aromatic N) is 3. The molecule has 23 heavy (non-hydrogen) atoms. The van der Waals surface area contributed by atoms with Gasteiger partial charge in [0.05, 0.1) is 13.2 Å². The summed E-state index contributed by atoms with van der Waals surface area (Å²) in [5, 5.41) is 1.47. The van der Waals surface area contributed by atoms with Crippen molar-refractivity contribution in [2.75, 3.05) is 13.2 Å². The fourth-order valence-electron chi connectivity index (χ4n) is 2.28. The molecule has 1 heterocycles. The molecule has 7 heteroatoms. The van der Waals surface area contributed by atoms with E-state index in [9.17, 15) is 0 Å². The SMILES string of the molecule is Cc1ccc(C)c(OCCCON2C(N)=NC(N)=NC2(C)C)c1. The highest BCUT2D eigenvalue weighted by molar-refractivity contribution is 5.95. The molecule has 0 unspecified atom stereocenters. The fraction of sp³-hybridized carbons (Fsp3) is 0.500. The number of hydroxylamine groups is 2. The van der Waals surface area contributed by atoms with Gasteiger partial charge in [-0.25, -0.2) is 4.99 Å². The van der Waals surface area contributed by atoms with Gasteiger partial charge in [-0.3, -0.25) is 4.84 Å². The van der Waals surface area contributed by atoms with Gasteiger partial charge in [0.25, 0.3) is 0 Å². The van der Waals surface area contributed by atoms with Crippen molar-refractivity contribution in [3.05, 3.63) is 29.3 Å². The Morgan fingerprint density at radius 2 is 1.91 bits per heavy atom. The van der Waals surface area contributed by atoms with E-state index in [1.165, 1.54) is 10.6 Å². The van der Waals surface area contributed by atoms with Crippen molar-refractivity contribution in [1.82, 2.24) is 5.06 Å². The second kappa shape index (κ2) is 6.87. The molecule has 2 rings (SSSR count). The number of benzene rings is 1. The first-order chi connectivity index (χ1) is 10.8. The van der Waals surface area contributed by atoms with E-state index in [-0.39, 0.29) is 11.9 Å². The summed E-state index contributed by atoms with van der Waals surface area (Å²) in [6.45, 7) is 8.78. The Labute approximate surface area is 136 Å². The number of hydrogen-bond acceptors (Lipinski definition) is 7. The van der Waals surface area contributed by atoms with Gasteiger partial charge >= 0.3 is 0 Å². The molecule has 1 aromatic carbocycles. The Hall–Kier alpha value is -2.28. The van der Waals surface area contributed by atoms with E-state index in [0.29, 0.717) is 19.6 Å². The normalized spacial score (nSPS) is 16.8. The molecule has 1 aliphatic rings. The van der Waals surface area contributed by atoms with Crippen LogP contribution in [0, 0.1) is 13.8 Å². The third-order valence-corrected chi connectivity index (χ3v) is 3.43. The van der Waals surface area contributed by atoms with Gasteiger partial charge in [0.15, 0.2) is 5.66 Å². The van der Waals surface area contributed by atoms with E-state index in [1.54, 1.807) is 0 Å². The number of aliphatic imine (C=N–C) groups is 2. The predicted molar refractivity (Wildman–Crippen MR) is 91.1 cm³/mol. The molecule has 4 N–H and O–H groups in total. The Balaban J connectivity index is 1.80. The minimum atomic E-state index is -0.677. The summed E-state index contributed by atoms with van der Waals surface area (Å²) in [6, 6.07) is 6.15. The maximum Gasteiger partial charge on any atom is 0.226 e. The van der Waals surface area contributed by atoms with Crippen molar-refractivity contribution in [3.8, 4) is 5.75 Å². The standard InChI is InChI=1S/C16H25N5O2/c1-11-6-7-12(2)13(10-11)22-8-5-9-23-21-15(18)19-14(17)20-16(21,3)4/h6-7,10H,5,8-9H2,1-4H3,(H4,17,18,19,20). The molecule has 0 bridgehead atoms. The molecule has 0 aliphatic carbocycles. The Morgan fingerprint density at radius 3 is 2.61 bits per heavy atom. The average molecular weight is 319 g/mol. The van der Waals surface area contributed by atoms with Gasteiger partial charge in [0.2, 0.25) is 11.9 Å². The predicted octanol–water partition coefficient (Wildman–Crippen LogP) is 1.69. The summed E-state index contributed by atoms with van der Waals surface area (Å²) in [7, 11) is 0. The second-order valence-corrected chi connectivity index (χ2v) is 6.03. The molecule has 126 valence electrons. The summed E-state index contributed by atoms with van der Waals surface area (Å²) < 4.78 is 5.80. The summed E-state index contributed by atoms with van der Waals surface area (Å²) in [5.74, 6) is 1.27. The molecule has 0 saturated heterocycles. The lowest BCUT2D eigenvalue weighted by Crippen LogP contribution is -2.53. The van der Waals surface area contributed by atoms with Crippen LogP contribution in [-0.4, -0.2) is 35.9 Å². The minimum absolute atomic E-state index is 0.158. The van der Waals surface area contributed by atoms with E-state index >= 15 is 0 Å². The van der Waals surface area contributed by atoms with E-state index in [2.05, 4.69) is 22.1 Å². The van der Waals surface area contributed by atoms with Crippen LogP contribution in [0.4, 0.5) is 0 Å². The van der Waals surface area contributed by atoms with E-state index in [1.807, 2.05) is 33.8 Å². The topological polar surface area (TPSA) is 98.5 Å². The molecule has 0 spiro atoms. The zero-order chi connectivity index (χ0) is 17.0. The average Bonchev–Trinajstić information content (AvgIpc) is 2.43. The van der Waals surface area contributed by atoms with Gasteiger partial charge in [-0.2, -0.15) is 10.1 Å². The zero-order valence-electron chi connectivity index (χ0n) is 14.2. The van der Waals surface area contributed by atoms with Crippen LogP contribution < -0.4 is 16.2 Å². The maximum absolute atomic E-state index is 5.85. The van der Waals surface area contributed by atoms with Gasteiger partial charge in [0, 0.05) is 6.42 Å². The van der Waals surface area contributed by atoms with Crippen molar-refractivity contribution in [2.45, 2.75) is 39.8 Å². The molecule has 7 nitrogen and oxygen atoms in total. The zero-order valence-corrected chi connectivity index (χ0v) is 14.2. The van der Waals surface area contributed by atoms with Crippen molar-refractivity contribution in [3.63, 3.8) is 0 Å². The Kier molecular flexibility index (Phi) is 5.10. The monoisotopic (exact) mass is 319 g/mol. The molecular weight excluding hydrogens is 294 g/mol. The van der Waals surface area contributed by atoms with Crippen LogP contribution in [0.15, 0.2) is 28.2 Å². The number of rotatable bonds is 6. The molecule has 1 aliphatic heterocycles. The summed E-state index contributed by atoms with van der Waals surface area (Å²) >= 11 is 0. The highest BCUT2D eigenvalue weighted by atomic mass is 16.7. The lowest BCUT2D eigenvalue weighted by atomic mass is 10.1. The van der Waals surface area contributed by atoms with Crippen molar-refractivity contribution < 1.29 is 9.57 Å². The number of hydrogen-bond donors (Lipinski definition) is 2. The van der Waals surface area contributed by atoms with Crippen LogP contribution in [0.2, 0.25) is 0 Å². The van der Waals surface area contributed by atoms with Crippen LogP contribution in [0.5, 0.6) is 5.75 Å². The van der Waals surface area contributed by atoms with Crippen LogP contribution in [0.3, 0.4) is 0 Å². The lowest BCUT2D eigenvalue weighted by molar-refractivity contribution is -0.158. The number of aryl methyl sites for hydroxylation is 2. The van der Waals surface area contributed by atoms with Crippen molar-refractivity contribution >= 4 is 11.9 Å². The second-order valence-electron chi connectivity index (χ2n) is 6.03. The molecule has 0 atom stereocenters. The first-order valence-corrected chi connectivity index (χ1v) is 7.62. The molecule has 0 aromatic heterocycles. The number of nitrogens with two attached hydrogens (primary N) is 2. The lowest BCUT2D eigenvalue weighted by Gasteiger charge is -2.36. The molecule has 0 radical (unpaired) electrons. The van der Waals surface area contributed by atoms with Crippen molar-refractivity contribution in [1.29, 1.82) is 0 Å². The minimum Gasteiger partial charge on any atom is -0.493 e. The number of guanidine groups is 2. The molecule has 0 saturated carbocycles. The quantitative estimate of drug-likeness (QED) is 0.777. The van der Waals surface area contributed by atoms with Crippen LogP contribution in [-0.2, 0) is 4.84 Å². The Morgan fingerprint density at radius 1 is 1.17 bits per heavy atom. The van der Waals surface area contributed by atoms with Gasteiger partial charge in [-0.05, 0) is 44.9 Å². The summed E-state index contributed by atoms with van der Waals surface area (Å²) in [4.78, 5) is 13.8. The highest BCUT2D eigenvalue weighted by Gasteiger charge is 2.32. The maximum atomic E-state index is 5.85. The summed E-state index contributed by atoms with van der Waals surface area (Å²) in [6.07, 6.45) is 0.715. The first-order valence-electron chi connectivity index (χ1n) is 7.62. The largest absolute Gasteiger partial charge is 0.493 e. The van der Waals surface area contributed by atoms with Gasteiger partial charge in [-0.1, -0.05) is 12.1 Å². The van der Waals surface area contributed by atoms with E-state index in [4.69, 9.17) is 21.0 Å². The van der Waals surface area contributed by atoms with Crippen molar-refractivity contribution in [2.24, 2.45) is 21.5 Å². The molecule has 1 aromatic rings. The summed E-state index contributed by atoms with van der Waals surface area (Å²) in [5.41, 5.74) is 13.1. The van der Waals surface area contributed by atoms with Crippen LogP contribution >= 0.6 is 0 Å². The van der Waals surface area contributed by atoms with E-state index < -0.39 is 5.66 Å². The van der Waals surface area contributed by atoms with Gasteiger partial charge < -0.3 is 16.2 Å². The fourth-order valence-corrected chi connectivity index (χ4v) is 2.28. The molecular formula is C16H25N5O2.